The summed E-state index contributed by atoms with van der Waals surface area (Å²) in [5, 5.41) is 13.4. The summed E-state index contributed by atoms with van der Waals surface area (Å²) in [5.41, 5.74) is 4.94. The Morgan fingerprint density at radius 3 is 2.32 bits per heavy atom. The van der Waals surface area contributed by atoms with E-state index in [0.29, 0.717) is 24.5 Å². The molecule has 0 aliphatic rings. The molecule has 0 fully saturated rings. The molecule has 3 aromatic rings. The van der Waals surface area contributed by atoms with Gasteiger partial charge in [-0.15, -0.1) is 0 Å². The van der Waals surface area contributed by atoms with Crippen molar-refractivity contribution in [2.24, 2.45) is 5.16 Å². The van der Waals surface area contributed by atoms with E-state index in [1.54, 1.807) is 31.2 Å². The summed E-state index contributed by atoms with van der Waals surface area (Å²) < 4.78 is 5.68. The molecule has 0 aromatic heterocycles. The number of hydrogen-bond donors (Lipinski definition) is 1. The maximum Gasteiger partial charge on any atom is 0.310 e. The van der Waals surface area contributed by atoms with Crippen molar-refractivity contribution in [3.8, 4) is 16.9 Å². The monoisotopic (exact) mass is 417 g/mol. The number of ether oxygens (including phenoxy) is 1. The number of nitrogens with zero attached hydrogens (tertiary/aromatic N) is 1. The van der Waals surface area contributed by atoms with Crippen LogP contribution in [-0.2, 0) is 9.63 Å². The lowest BCUT2D eigenvalue weighted by Crippen LogP contribution is -2.09. The van der Waals surface area contributed by atoms with E-state index in [-0.39, 0.29) is 0 Å². The molecular formula is C26H27NO4. The SMILES string of the molecule is CCC(=NOCCOc1cccc(C(C)C(=O)O)c1)c1ccc(-c2ccccc2)cc1. The number of carboxylic acids is 1. The summed E-state index contributed by atoms with van der Waals surface area (Å²) in [4.78, 5) is 16.6. The van der Waals surface area contributed by atoms with Gasteiger partial charge in [0.15, 0.2) is 6.61 Å². The Morgan fingerprint density at radius 1 is 0.935 bits per heavy atom. The minimum Gasteiger partial charge on any atom is -0.490 e. The zero-order valence-electron chi connectivity index (χ0n) is 17.8. The van der Waals surface area contributed by atoms with Crippen molar-refractivity contribution in [1.29, 1.82) is 0 Å². The predicted molar refractivity (Wildman–Crippen MR) is 123 cm³/mol. The number of carbonyl (C=O) groups is 1. The molecule has 0 saturated heterocycles. The molecule has 0 radical (unpaired) electrons. The largest absolute Gasteiger partial charge is 0.490 e. The highest BCUT2D eigenvalue weighted by Gasteiger charge is 2.13. The molecule has 1 N–H and O–H groups in total. The quantitative estimate of drug-likeness (QED) is 0.259. The standard InChI is InChI=1S/C26H27NO4/c1-3-25(22-14-12-21(13-15-22)20-8-5-4-6-9-20)27-31-17-16-30-24-11-7-10-23(18-24)19(2)26(28)29/h4-15,18-19H,3,16-17H2,1-2H3,(H,28,29). The molecule has 0 heterocycles. The smallest absolute Gasteiger partial charge is 0.310 e. The molecule has 0 amide bonds. The van der Waals surface area contributed by atoms with Gasteiger partial charge in [0.05, 0.1) is 11.6 Å². The molecule has 0 bridgehead atoms. The summed E-state index contributed by atoms with van der Waals surface area (Å²) >= 11 is 0. The van der Waals surface area contributed by atoms with E-state index in [1.807, 2.05) is 25.1 Å². The van der Waals surface area contributed by atoms with Crippen molar-refractivity contribution < 1.29 is 19.5 Å². The van der Waals surface area contributed by atoms with Crippen LogP contribution in [0.1, 0.15) is 37.3 Å². The number of aliphatic carboxylic acids is 1. The Kier molecular flexibility index (Phi) is 7.82. The fourth-order valence-corrected chi connectivity index (χ4v) is 3.14. The molecule has 0 spiro atoms. The van der Waals surface area contributed by atoms with Gasteiger partial charge >= 0.3 is 5.97 Å². The van der Waals surface area contributed by atoms with Crippen LogP contribution in [0.25, 0.3) is 11.1 Å². The third kappa shape index (κ3) is 6.19. The maximum absolute atomic E-state index is 11.1. The lowest BCUT2D eigenvalue weighted by atomic mass is 10.0. The molecule has 1 unspecified atom stereocenters. The summed E-state index contributed by atoms with van der Waals surface area (Å²) in [5.74, 6) is -0.825. The zero-order chi connectivity index (χ0) is 22.1. The first-order valence-electron chi connectivity index (χ1n) is 10.4. The van der Waals surface area contributed by atoms with Crippen molar-refractivity contribution in [3.05, 3.63) is 90.0 Å². The molecule has 3 rings (SSSR count). The first-order valence-corrected chi connectivity index (χ1v) is 10.4. The van der Waals surface area contributed by atoms with Crippen LogP contribution in [0, 0.1) is 0 Å². The molecule has 160 valence electrons. The molecule has 0 saturated carbocycles. The van der Waals surface area contributed by atoms with Crippen LogP contribution in [0.4, 0.5) is 0 Å². The molecule has 3 aromatic carbocycles. The molecule has 0 aliphatic carbocycles. The second-order valence-electron chi connectivity index (χ2n) is 7.15. The average Bonchev–Trinajstić information content (AvgIpc) is 2.82. The van der Waals surface area contributed by atoms with E-state index in [2.05, 4.69) is 41.6 Å². The van der Waals surface area contributed by atoms with Crippen molar-refractivity contribution in [1.82, 2.24) is 0 Å². The molecule has 1 atom stereocenters. The summed E-state index contributed by atoms with van der Waals surface area (Å²) in [6.07, 6.45) is 0.751. The maximum atomic E-state index is 11.1. The van der Waals surface area contributed by atoms with Crippen LogP contribution in [0.15, 0.2) is 84.0 Å². The third-order valence-corrected chi connectivity index (χ3v) is 5.01. The summed E-state index contributed by atoms with van der Waals surface area (Å²) in [7, 11) is 0. The highest BCUT2D eigenvalue weighted by molar-refractivity contribution is 6.00. The first-order chi connectivity index (χ1) is 15.1. The van der Waals surface area contributed by atoms with E-state index >= 15 is 0 Å². The minimum absolute atomic E-state index is 0.296. The van der Waals surface area contributed by atoms with Crippen molar-refractivity contribution >= 4 is 11.7 Å². The number of carboxylic acid groups (broad SMARTS) is 1. The van der Waals surface area contributed by atoms with Gasteiger partial charge in [0, 0.05) is 0 Å². The number of oxime groups is 1. The molecule has 0 aliphatic heterocycles. The van der Waals surface area contributed by atoms with Gasteiger partial charge in [0.2, 0.25) is 0 Å². The normalized spacial score (nSPS) is 12.3. The van der Waals surface area contributed by atoms with Gasteiger partial charge in [-0.2, -0.15) is 0 Å². The average molecular weight is 418 g/mol. The van der Waals surface area contributed by atoms with Crippen LogP contribution in [0.5, 0.6) is 5.75 Å². The van der Waals surface area contributed by atoms with E-state index in [4.69, 9.17) is 14.7 Å². The van der Waals surface area contributed by atoms with Gasteiger partial charge in [-0.3, -0.25) is 4.79 Å². The van der Waals surface area contributed by atoms with Crippen molar-refractivity contribution in [2.45, 2.75) is 26.2 Å². The van der Waals surface area contributed by atoms with Crippen LogP contribution >= 0.6 is 0 Å². The van der Waals surface area contributed by atoms with Crippen LogP contribution in [0.2, 0.25) is 0 Å². The van der Waals surface area contributed by atoms with Crippen LogP contribution < -0.4 is 4.74 Å². The molecule has 5 heteroatoms. The van der Waals surface area contributed by atoms with Gasteiger partial charge in [-0.05, 0) is 47.7 Å². The fraction of sp³-hybridized carbons (Fsp3) is 0.231. The molecular weight excluding hydrogens is 390 g/mol. The summed E-state index contributed by atoms with van der Waals surface area (Å²) in [6, 6.07) is 25.6. The Balaban J connectivity index is 1.53. The predicted octanol–water partition coefficient (Wildman–Crippen LogP) is 5.75. The van der Waals surface area contributed by atoms with E-state index in [0.717, 1.165) is 23.3 Å². The van der Waals surface area contributed by atoms with E-state index in [9.17, 15) is 4.79 Å². The van der Waals surface area contributed by atoms with Gasteiger partial charge in [0.25, 0.3) is 0 Å². The highest BCUT2D eigenvalue weighted by Crippen LogP contribution is 2.21. The Labute approximate surface area is 182 Å². The molecule has 5 nitrogen and oxygen atoms in total. The van der Waals surface area contributed by atoms with Gasteiger partial charge in [0.1, 0.15) is 12.4 Å². The Morgan fingerprint density at radius 2 is 1.65 bits per heavy atom. The van der Waals surface area contributed by atoms with Crippen LogP contribution in [-0.4, -0.2) is 30.0 Å². The lowest BCUT2D eigenvalue weighted by Gasteiger charge is -2.10. The second-order valence-corrected chi connectivity index (χ2v) is 7.15. The van der Waals surface area contributed by atoms with Gasteiger partial charge < -0.3 is 14.7 Å². The zero-order valence-corrected chi connectivity index (χ0v) is 17.8. The minimum atomic E-state index is -0.862. The fourth-order valence-electron chi connectivity index (χ4n) is 3.14. The Bertz CT molecular complexity index is 1010. The van der Waals surface area contributed by atoms with E-state index in [1.165, 1.54) is 5.56 Å². The summed E-state index contributed by atoms with van der Waals surface area (Å²) in [6.45, 7) is 4.31. The van der Waals surface area contributed by atoms with Gasteiger partial charge in [-0.25, -0.2) is 0 Å². The number of hydrogen-bond acceptors (Lipinski definition) is 4. The number of rotatable bonds is 10. The van der Waals surface area contributed by atoms with E-state index < -0.39 is 11.9 Å². The first kappa shape index (κ1) is 22.1. The van der Waals surface area contributed by atoms with Crippen molar-refractivity contribution in [2.75, 3.05) is 13.2 Å². The molecule has 31 heavy (non-hydrogen) atoms. The highest BCUT2D eigenvalue weighted by atomic mass is 16.6. The van der Waals surface area contributed by atoms with Gasteiger partial charge in [-0.1, -0.05) is 78.8 Å². The van der Waals surface area contributed by atoms with Crippen LogP contribution in [0.3, 0.4) is 0 Å². The van der Waals surface area contributed by atoms with Crippen molar-refractivity contribution in [3.63, 3.8) is 0 Å². The second kappa shape index (κ2) is 11.0. The Hall–Kier alpha value is -3.60. The lowest BCUT2D eigenvalue weighted by molar-refractivity contribution is -0.138. The number of benzene rings is 3. The topological polar surface area (TPSA) is 68.1 Å². The third-order valence-electron chi connectivity index (χ3n) is 5.01.